The van der Waals surface area contributed by atoms with Gasteiger partial charge in [-0.2, -0.15) is 0 Å². The van der Waals surface area contributed by atoms with E-state index in [-0.39, 0.29) is 6.61 Å². The van der Waals surface area contributed by atoms with Gasteiger partial charge in [0, 0.05) is 18.7 Å². The lowest BCUT2D eigenvalue weighted by Gasteiger charge is -2.09. The molecule has 0 aliphatic rings. The predicted octanol–water partition coefficient (Wildman–Crippen LogP) is 1.94. The first-order valence-corrected chi connectivity index (χ1v) is 6.15. The summed E-state index contributed by atoms with van der Waals surface area (Å²) in [5.41, 5.74) is 0.344. The van der Waals surface area contributed by atoms with Crippen LogP contribution in [0.3, 0.4) is 0 Å². The van der Waals surface area contributed by atoms with E-state index in [0.29, 0.717) is 17.1 Å². The highest BCUT2D eigenvalue weighted by molar-refractivity contribution is 5.85. The Morgan fingerprint density at radius 1 is 1.48 bits per heavy atom. The van der Waals surface area contributed by atoms with Crippen molar-refractivity contribution in [2.75, 3.05) is 0 Å². The summed E-state index contributed by atoms with van der Waals surface area (Å²) in [6.07, 6.45) is 2.21. The Morgan fingerprint density at radius 2 is 2.24 bits per heavy atom. The van der Waals surface area contributed by atoms with Crippen molar-refractivity contribution < 1.29 is 19.0 Å². The Balaban J connectivity index is 2.19. The Hall–Kier alpha value is -2.70. The van der Waals surface area contributed by atoms with Gasteiger partial charge in [0.05, 0.1) is 0 Å². The number of benzene rings is 1. The second-order valence-electron chi connectivity index (χ2n) is 4.36. The standard InChI is InChI=1S/C14H14FN3O3/c1-9-16-17-13(18(9)2)8-21-12-5-4-11(15)7-10(12)3-6-14(19)20/h3-7H,8H2,1-2H3,(H,19,20)/b6-3+. The van der Waals surface area contributed by atoms with E-state index in [9.17, 15) is 9.18 Å². The van der Waals surface area contributed by atoms with Gasteiger partial charge in [0.15, 0.2) is 5.82 Å². The average Bonchev–Trinajstić information content (AvgIpc) is 2.75. The molecule has 6 nitrogen and oxygen atoms in total. The van der Waals surface area contributed by atoms with Gasteiger partial charge < -0.3 is 14.4 Å². The smallest absolute Gasteiger partial charge is 0.328 e. The van der Waals surface area contributed by atoms with E-state index in [1.807, 2.05) is 14.0 Å². The number of aliphatic carboxylic acids is 1. The van der Waals surface area contributed by atoms with E-state index in [1.165, 1.54) is 24.3 Å². The molecule has 1 N–H and O–H groups in total. The van der Waals surface area contributed by atoms with Gasteiger partial charge in [0.1, 0.15) is 24.0 Å². The number of carbonyl (C=O) groups is 1. The van der Waals surface area contributed by atoms with Crippen LogP contribution in [-0.2, 0) is 18.4 Å². The fraction of sp³-hybridized carbons (Fsp3) is 0.214. The molecule has 0 bridgehead atoms. The molecule has 0 amide bonds. The third-order valence-electron chi connectivity index (χ3n) is 2.92. The minimum absolute atomic E-state index is 0.150. The van der Waals surface area contributed by atoms with Gasteiger partial charge in [-0.1, -0.05) is 0 Å². The molecule has 7 heteroatoms. The molecular formula is C14H14FN3O3. The van der Waals surface area contributed by atoms with Crippen molar-refractivity contribution in [1.82, 2.24) is 14.8 Å². The number of aryl methyl sites for hydroxylation is 1. The molecule has 0 aliphatic heterocycles. The number of hydrogen-bond acceptors (Lipinski definition) is 4. The quantitative estimate of drug-likeness (QED) is 0.852. The molecule has 0 unspecified atom stereocenters. The van der Waals surface area contributed by atoms with Gasteiger partial charge in [-0.25, -0.2) is 9.18 Å². The third kappa shape index (κ3) is 3.65. The van der Waals surface area contributed by atoms with Gasteiger partial charge in [-0.15, -0.1) is 10.2 Å². The Bertz CT molecular complexity index is 695. The Morgan fingerprint density at radius 3 is 2.86 bits per heavy atom. The topological polar surface area (TPSA) is 77.2 Å². The maximum atomic E-state index is 13.2. The van der Waals surface area contributed by atoms with Crippen LogP contribution < -0.4 is 4.74 Å². The van der Waals surface area contributed by atoms with Crippen molar-refractivity contribution in [3.63, 3.8) is 0 Å². The van der Waals surface area contributed by atoms with Crippen molar-refractivity contribution in [1.29, 1.82) is 0 Å². The molecule has 21 heavy (non-hydrogen) atoms. The van der Waals surface area contributed by atoms with Crippen molar-refractivity contribution in [2.24, 2.45) is 7.05 Å². The van der Waals surface area contributed by atoms with Gasteiger partial charge in [-0.3, -0.25) is 0 Å². The first-order valence-electron chi connectivity index (χ1n) is 6.15. The minimum Gasteiger partial charge on any atom is -0.485 e. The summed E-state index contributed by atoms with van der Waals surface area (Å²) in [6.45, 7) is 1.96. The van der Waals surface area contributed by atoms with Crippen molar-refractivity contribution in [2.45, 2.75) is 13.5 Å². The maximum Gasteiger partial charge on any atom is 0.328 e. The number of aromatic nitrogens is 3. The van der Waals surface area contributed by atoms with Crippen molar-refractivity contribution in [3.05, 3.63) is 47.3 Å². The zero-order chi connectivity index (χ0) is 15.4. The lowest BCUT2D eigenvalue weighted by molar-refractivity contribution is -0.131. The number of hydrogen-bond donors (Lipinski definition) is 1. The fourth-order valence-electron chi connectivity index (χ4n) is 1.66. The molecule has 0 saturated carbocycles. The monoisotopic (exact) mass is 291 g/mol. The van der Waals surface area contributed by atoms with E-state index in [0.717, 1.165) is 11.9 Å². The molecular weight excluding hydrogens is 277 g/mol. The Kier molecular flexibility index (Phi) is 4.32. The fourth-order valence-corrected chi connectivity index (χ4v) is 1.66. The highest BCUT2D eigenvalue weighted by Crippen LogP contribution is 2.22. The first-order chi connectivity index (χ1) is 9.97. The predicted molar refractivity (Wildman–Crippen MR) is 73.1 cm³/mol. The second kappa shape index (κ2) is 6.17. The van der Waals surface area contributed by atoms with Crippen molar-refractivity contribution >= 4 is 12.0 Å². The molecule has 2 aromatic rings. The van der Waals surface area contributed by atoms with Gasteiger partial charge in [-0.05, 0) is 31.2 Å². The van der Waals surface area contributed by atoms with Crippen LogP contribution >= 0.6 is 0 Å². The van der Waals surface area contributed by atoms with E-state index in [4.69, 9.17) is 9.84 Å². The molecule has 0 aliphatic carbocycles. The third-order valence-corrected chi connectivity index (χ3v) is 2.92. The van der Waals surface area contributed by atoms with Gasteiger partial charge in [0.25, 0.3) is 0 Å². The number of halogens is 1. The summed E-state index contributed by atoms with van der Waals surface area (Å²) in [4.78, 5) is 10.6. The minimum atomic E-state index is -1.12. The van der Waals surface area contributed by atoms with Crippen molar-refractivity contribution in [3.8, 4) is 5.75 Å². The molecule has 1 heterocycles. The molecule has 0 atom stereocenters. The Labute approximate surface area is 120 Å². The molecule has 2 rings (SSSR count). The summed E-state index contributed by atoms with van der Waals surface area (Å²) < 4.78 is 20.6. The maximum absolute atomic E-state index is 13.2. The average molecular weight is 291 g/mol. The van der Waals surface area contributed by atoms with Crippen LogP contribution in [0.15, 0.2) is 24.3 Å². The summed E-state index contributed by atoms with van der Waals surface area (Å²) in [5, 5.41) is 16.5. The normalized spacial score (nSPS) is 11.0. The second-order valence-corrected chi connectivity index (χ2v) is 4.36. The number of ether oxygens (including phenoxy) is 1. The summed E-state index contributed by atoms with van der Waals surface area (Å²) >= 11 is 0. The first kappa shape index (κ1) is 14.7. The van der Waals surface area contributed by atoms with Gasteiger partial charge in [0.2, 0.25) is 0 Å². The summed E-state index contributed by atoms with van der Waals surface area (Å²) in [6, 6.07) is 3.89. The lowest BCUT2D eigenvalue weighted by Crippen LogP contribution is -2.05. The van der Waals surface area contributed by atoms with Gasteiger partial charge >= 0.3 is 5.97 Å². The summed E-state index contributed by atoms with van der Waals surface area (Å²) in [5.74, 6) is 0.147. The van der Waals surface area contributed by atoms with Crippen LogP contribution in [0.5, 0.6) is 5.75 Å². The largest absolute Gasteiger partial charge is 0.485 e. The number of carboxylic acids is 1. The van der Waals surface area contributed by atoms with E-state index >= 15 is 0 Å². The van der Waals surface area contributed by atoms with Crippen LogP contribution in [0.25, 0.3) is 6.08 Å². The highest BCUT2D eigenvalue weighted by Gasteiger charge is 2.08. The number of carboxylic acid groups (broad SMARTS) is 1. The lowest BCUT2D eigenvalue weighted by atomic mass is 10.2. The van der Waals surface area contributed by atoms with Crippen LogP contribution in [-0.4, -0.2) is 25.8 Å². The molecule has 0 fully saturated rings. The molecule has 1 aromatic carbocycles. The molecule has 0 spiro atoms. The highest BCUT2D eigenvalue weighted by atomic mass is 19.1. The number of nitrogens with zero attached hydrogens (tertiary/aromatic N) is 3. The zero-order valence-corrected chi connectivity index (χ0v) is 11.6. The van der Waals surface area contributed by atoms with E-state index in [1.54, 1.807) is 4.57 Å². The number of rotatable bonds is 5. The summed E-state index contributed by atoms with van der Waals surface area (Å²) in [7, 11) is 1.81. The van der Waals surface area contributed by atoms with Crippen LogP contribution in [0, 0.1) is 12.7 Å². The molecule has 1 aromatic heterocycles. The van der Waals surface area contributed by atoms with Crippen LogP contribution in [0.1, 0.15) is 17.2 Å². The van der Waals surface area contributed by atoms with E-state index in [2.05, 4.69) is 10.2 Å². The molecule has 0 radical (unpaired) electrons. The van der Waals surface area contributed by atoms with Crippen LogP contribution in [0.2, 0.25) is 0 Å². The van der Waals surface area contributed by atoms with Crippen LogP contribution in [0.4, 0.5) is 4.39 Å². The SMILES string of the molecule is Cc1nnc(COc2ccc(F)cc2/C=C/C(=O)O)n1C. The van der Waals surface area contributed by atoms with E-state index < -0.39 is 11.8 Å². The zero-order valence-electron chi connectivity index (χ0n) is 11.6. The molecule has 0 saturated heterocycles. The molecule has 110 valence electrons.